The van der Waals surface area contributed by atoms with Crippen molar-refractivity contribution in [3.63, 3.8) is 0 Å². The fraction of sp³-hybridized carbons (Fsp3) is 0.750. The minimum atomic E-state index is -0.169. The van der Waals surface area contributed by atoms with Gasteiger partial charge in [-0.2, -0.15) is 0 Å². The molecule has 0 fully saturated rings. The first-order valence-corrected chi connectivity index (χ1v) is 11.3. The molecule has 0 atom stereocenters. The van der Waals surface area contributed by atoms with E-state index in [1.165, 1.54) is 97.0 Å². The summed E-state index contributed by atoms with van der Waals surface area (Å²) in [6.45, 7) is 2.28. The molecule has 0 amide bonds. The minimum Gasteiger partial charge on any atom is -0.504 e. The number of phenolic OH excluding ortho intramolecular Hbond substituents is 2. The van der Waals surface area contributed by atoms with Crippen LogP contribution in [0.15, 0.2) is 12.1 Å². The molecule has 3 nitrogen and oxygen atoms in total. The van der Waals surface area contributed by atoms with Crippen molar-refractivity contribution in [2.24, 2.45) is 0 Å². The zero-order chi connectivity index (χ0) is 19.7. The number of ether oxygens (including phenoxy) is 1. The molecule has 2 N–H and O–H groups in total. The van der Waals surface area contributed by atoms with Crippen molar-refractivity contribution in [2.45, 2.75) is 110 Å². The van der Waals surface area contributed by atoms with E-state index >= 15 is 0 Å². The van der Waals surface area contributed by atoms with Crippen LogP contribution in [-0.4, -0.2) is 17.3 Å². The van der Waals surface area contributed by atoms with Crippen LogP contribution in [-0.2, 0) is 6.42 Å². The summed E-state index contributed by atoms with van der Waals surface area (Å²) in [6, 6.07) is 3.46. The standard InChI is InChI=1S/C24H42O3/c1-3-4-5-6-7-8-9-10-11-12-13-14-15-16-17-18-21-19-22(25)24(26)23(20-21)27-2/h19-20,25-26H,3-18H2,1-2H3. The van der Waals surface area contributed by atoms with Crippen molar-refractivity contribution in [3.8, 4) is 17.2 Å². The van der Waals surface area contributed by atoms with Crippen molar-refractivity contribution in [1.82, 2.24) is 0 Å². The highest BCUT2D eigenvalue weighted by molar-refractivity contribution is 5.51. The maximum absolute atomic E-state index is 9.71. The Morgan fingerprint density at radius 2 is 1.11 bits per heavy atom. The molecule has 0 saturated heterocycles. The monoisotopic (exact) mass is 378 g/mol. The Kier molecular flexibility index (Phi) is 13.7. The summed E-state index contributed by atoms with van der Waals surface area (Å²) in [5.41, 5.74) is 1.02. The molecule has 0 aromatic heterocycles. The van der Waals surface area contributed by atoms with E-state index in [-0.39, 0.29) is 11.5 Å². The third-order valence-electron chi connectivity index (χ3n) is 5.40. The first-order valence-electron chi connectivity index (χ1n) is 11.3. The van der Waals surface area contributed by atoms with Crippen LogP contribution in [0.4, 0.5) is 0 Å². The number of rotatable bonds is 17. The normalized spacial score (nSPS) is 11.0. The molecule has 156 valence electrons. The number of methoxy groups -OCH3 is 1. The van der Waals surface area contributed by atoms with E-state index in [0.717, 1.165) is 18.4 Å². The molecule has 27 heavy (non-hydrogen) atoms. The Balaban J connectivity index is 1.92. The SMILES string of the molecule is CCCCCCCCCCCCCCCCCc1cc(O)c(O)c(OC)c1. The molecule has 1 rings (SSSR count). The van der Waals surface area contributed by atoms with Gasteiger partial charge < -0.3 is 14.9 Å². The van der Waals surface area contributed by atoms with Crippen molar-refractivity contribution in [1.29, 1.82) is 0 Å². The van der Waals surface area contributed by atoms with Crippen LogP contribution in [0.25, 0.3) is 0 Å². The van der Waals surface area contributed by atoms with Crippen molar-refractivity contribution >= 4 is 0 Å². The summed E-state index contributed by atoms with van der Waals surface area (Å²) in [6.07, 6.45) is 21.4. The van der Waals surface area contributed by atoms with Crippen LogP contribution in [0, 0.1) is 0 Å². The molecule has 0 heterocycles. The lowest BCUT2D eigenvalue weighted by Crippen LogP contribution is -1.90. The van der Waals surface area contributed by atoms with Crippen molar-refractivity contribution < 1.29 is 14.9 Å². The molecule has 0 aliphatic heterocycles. The lowest BCUT2D eigenvalue weighted by molar-refractivity contribution is 0.350. The molecule has 0 bridgehead atoms. The van der Waals surface area contributed by atoms with E-state index in [0.29, 0.717) is 5.75 Å². The molecule has 0 unspecified atom stereocenters. The topological polar surface area (TPSA) is 49.7 Å². The maximum Gasteiger partial charge on any atom is 0.200 e. The summed E-state index contributed by atoms with van der Waals surface area (Å²) in [5, 5.41) is 19.4. The average molecular weight is 379 g/mol. The van der Waals surface area contributed by atoms with Gasteiger partial charge in [0.05, 0.1) is 7.11 Å². The number of aromatic hydroxyl groups is 2. The molecule has 0 aliphatic rings. The predicted molar refractivity (Wildman–Crippen MR) is 115 cm³/mol. The maximum atomic E-state index is 9.71. The molecule has 1 aromatic rings. The average Bonchev–Trinajstić information content (AvgIpc) is 2.67. The number of hydrogen-bond acceptors (Lipinski definition) is 3. The molecule has 1 aromatic carbocycles. The summed E-state index contributed by atoms with van der Waals surface area (Å²) in [5.74, 6) is 0.0917. The zero-order valence-electron chi connectivity index (χ0n) is 17.8. The highest BCUT2D eigenvalue weighted by Crippen LogP contribution is 2.36. The van der Waals surface area contributed by atoms with Gasteiger partial charge in [0, 0.05) is 0 Å². The molecule has 0 radical (unpaired) electrons. The largest absolute Gasteiger partial charge is 0.504 e. The van der Waals surface area contributed by atoms with Crippen LogP contribution in [0.3, 0.4) is 0 Å². The van der Waals surface area contributed by atoms with Gasteiger partial charge in [-0.05, 0) is 30.5 Å². The number of benzene rings is 1. The smallest absolute Gasteiger partial charge is 0.200 e. The Bertz CT molecular complexity index is 485. The molecular formula is C24H42O3. The number of hydrogen-bond donors (Lipinski definition) is 2. The Labute approximate surface area is 167 Å². The van der Waals surface area contributed by atoms with E-state index < -0.39 is 0 Å². The Morgan fingerprint density at radius 1 is 0.667 bits per heavy atom. The van der Waals surface area contributed by atoms with Gasteiger partial charge >= 0.3 is 0 Å². The second-order valence-corrected chi connectivity index (χ2v) is 7.87. The Morgan fingerprint density at radius 3 is 1.56 bits per heavy atom. The lowest BCUT2D eigenvalue weighted by Gasteiger charge is -2.09. The van der Waals surface area contributed by atoms with Gasteiger partial charge in [-0.25, -0.2) is 0 Å². The minimum absolute atomic E-state index is 0.0923. The summed E-state index contributed by atoms with van der Waals surface area (Å²) in [4.78, 5) is 0. The van der Waals surface area contributed by atoms with Gasteiger partial charge in [-0.15, -0.1) is 0 Å². The van der Waals surface area contributed by atoms with E-state index in [4.69, 9.17) is 4.74 Å². The zero-order valence-corrected chi connectivity index (χ0v) is 17.8. The molecule has 3 heteroatoms. The fourth-order valence-corrected chi connectivity index (χ4v) is 3.65. The molecular weight excluding hydrogens is 336 g/mol. The number of unbranched alkanes of at least 4 members (excludes halogenated alkanes) is 14. The Hall–Kier alpha value is -1.38. The third-order valence-corrected chi connectivity index (χ3v) is 5.40. The summed E-state index contributed by atoms with van der Waals surface area (Å²) < 4.78 is 5.09. The van der Waals surface area contributed by atoms with Crippen LogP contribution in [0.1, 0.15) is 109 Å². The predicted octanol–water partition coefficient (Wildman–Crippen LogP) is 7.52. The van der Waals surface area contributed by atoms with E-state index in [2.05, 4.69) is 6.92 Å². The third kappa shape index (κ3) is 11.1. The van der Waals surface area contributed by atoms with Gasteiger partial charge in [0.25, 0.3) is 0 Å². The van der Waals surface area contributed by atoms with E-state index in [1.807, 2.05) is 6.07 Å². The van der Waals surface area contributed by atoms with Crippen LogP contribution < -0.4 is 4.74 Å². The number of aryl methyl sites for hydroxylation is 1. The lowest BCUT2D eigenvalue weighted by atomic mass is 10.0. The molecule has 0 spiro atoms. The van der Waals surface area contributed by atoms with E-state index in [1.54, 1.807) is 6.07 Å². The first-order chi connectivity index (χ1) is 13.2. The highest BCUT2D eigenvalue weighted by atomic mass is 16.5. The highest BCUT2D eigenvalue weighted by Gasteiger charge is 2.09. The summed E-state index contributed by atoms with van der Waals surface area (Å²) >= 11 is 0. The van der Waals surface area contributed by atoms with E-state index in [9.17, 15) is 10.2 Å². The van der Waals surface area contributed by atoms with Crippen LogP contribution >= 0.6 is 0 Å². The van der Waals surface area contributed by atoms with Gasteiger partial charge in [-0.3, -0.25) is 0 Å². The van der Waals surface area contributed by atoms with Gasteiger partial charge in [0.15, 0.2) is 11.5 Å². The number of phenols is 2. The second-order valence-electron chi connectivity index (χ2n) is 7.87. The van der Waals surface area contributed by atoms with Gasteiger partial charge in [-0.1, -0.05) is 96.8 Å². The van der Waals surface area contributed by atoms with Gasteiger partial charge in [0.1, 0.15) is 0 Å². The summed E-state index contributed by atoms with van der Waals surface area (Å²) in [7, 11) is 1.51. The van der Waals surface area contributed by atoms with Crippen molar-refractivity contribution in [3.05, 3.63) is 17.7 Å². The van der Waals surface area contributed by atoms with Crippen LogP contribution in [0.2, 0.25) is 0 Å². The van der Waals surface area contributed by atoms with Crippen LogP contribution in [0.5, 0.6) is 17.2 Å². The molecule has 0 aliphatic carbocycles. The second kappa shape index (κ2) is 15.7. The van der Waals surface area contributed by atoms with Gasteiger partial charge in [0.2, 0.25) is 5.75 Å². The molecule has 0 saturated carbocycles. The van der Waals surface area contributed by atoms with Crippen molar-refractivity contribution in [2.75, 3.05) is 7.11 Å². The fourth-order valence-electron chi connectivity index (χ4n) is 3.65. The first kappa shape index (κ1) is 23.7. The quantitative estimate of drug-likeness (QED) is 0.218.